The van der Waals surface area contributed by atoms with Crippen LogP contribution in [-0.4, -0.2) is 23.8 Å². The minimum absolute atomic E-state index is 0.243. The fourth-order valence-electron chi connectivity index (χ4n) is 4.94. The van der Waals surface area contributed by atoms with Gasteiger partial charge in [0, 0.05) is 29.7 Å². The molecule has 0 N–H and O–H groups in total. The van der Waals surface area contributed by atoms with E-state index >= 15 is 0 Å². The lowest BCUT2D eigenvalue weighted by atomic mass is 9.90. The fourth-order valence-corrected chi connectivity index (χ4v) is 6.60. The van der Waals surface area contributed by atoms with E-state index in [2.05, 4.69) is 22.8 Å². The molecule has 2 heterocycles. The summed E-state index contributed by atoms with van der Waals surface area (Å²) < 4.78 is 69.8. The van der Waals surface area contributed by atoms with Gasteiger partial charge in [-0.2, -0.15) is 17.5 Å². The highest BCUT2D eigenvalue weighted by molar-refractivity contribution is 7.89. The van der Waals surface area contributed by atoms with Crippen molar-refractivity contribution in [1.82, 2.24) is 8.87 Å². The number of fused-ring (bicyclic) bond motifs is 3. The van der Waals surface area contributed by atoms with Crippen LogP contribution in [0.25, 0.3) is 10.9 Å². The summed E-state index contributed by atoms with van der Waals surface area (Å²) in [6.45, 7) is 2.77. The Hall–Kier alpha value is -2.32. The van der Waals surface area contributed by atoms with Crippen molar-refractivity contribution in [3.8, 4) is 0 Å². The first-order valence-electron chi connectivity index (χ1n) is 9.98. The second kappa shape index (κ2) is 6.59. The van der Waals surface area contributed by atoms with Gasteiger partial charge < -0.3 is 4.57 Å². The standard InChI is InChI=1S/C22H21F3N2O2S/c1-14-8-9-19-18(12-14)17-6-3-7-20-21(17)26(19)10-11-27(20)30(28,29)16-5-2-4-15(13-16)22(23,24)25/h2,4-5,8-9,12-13,20H,3,6-7,10-11H2,1H3/t20-/m1/s1. The van der Waals surface area contributed by atoms with Crippen LogP contribution in [0.3, 0.4) is 0 Å². The molecule has 1 aliphatic carbocycles. The number of alkyl halides is 3. The summed E-state index contributed by atoms with van der Waals surface area (Å²) in [6, 6.07) is 9.97. The Labute approximate surface area is 173 Å². The number of hydrogen-bond donors (Lipinski definition) is 0. The molecule has 2 aliphatic rings. The summed E-state index contributed by atoms with van der Waals surface area (Å²) in [5, 5.41) is 1.16. The maximum Gasteiger partial charge on any atom is 0.416 e. The third-order valence-electron chi connectivity index (χ3n) is 6.25. The van der Waals surface area contributed by atoms with Crippen molar-refractivity contribution in [2.75, 3.05) is 6.54 Å². The second-order valence-electron chi connectivity index (χ2n) is 8.09. The molecule has 0 amide bonds. The van der Waals surface area contributed by atoms with Gasteiger partial charge in [0.1, 0.15) is 0 Å². The topological polar surface area (TPSA) is 42.3 Å². The average Bonchev–Trinajstić information content (AvgIpc) is 3.02. The van der Waals surface area contributed by atoms with Crippen molar-refractivity contribution in [2.45, 2.75) is 49.8 Å². The van der Waals surface area contributed by atoms with Crippen molar-refractivity contribution in [1.29, 1.82) is 0 Å². The summed E-state index contributed by atoms with van der Waals surface area (Å²) in [6.07, 6.45) is -2.19. The van der Waals surface area contributed by atoms with Crippen LogP contribution >= 0.6 is 0 Å². The number of aromatic nitrogens is 1. The van der Waals surface area contributed by atoms with Crippen LogP contribution in [0, 0.1) is 6.92 Å². The van der Waals surface area contributed by atoms with Gasteiger partial charge in [-0.15, -0.1) is 0 Å². The fraction of sp³-hybridized carbons (Fsp3) is 0.364. The van der Waals surface area contributed by atoms with Gasteiger partial charge in [-0.25, -0.2) is 8.42 Å². The predicted molar refractivity (Wildman–Crippen MR) is 108 cm³/mol. The van der Waals surface area contributed by atoms with Gasteiger partial charge in [0.05, 0.1) is 16.5 Å². The van der Waals surface area contributed by atoms with Crippen molar-refractivity contribution in [2.24, 2.45) is 0 Å². The first kappa shape index (κ1) is 19.6. The molecule has 1 atom stereocenters. The Morgan fingerprint density at radius 3 is 2.63 bits per heavy atom. The van der Waals surface area contributed by atoms with Gasteiger partial charge in [-0.1, -0.05) is 17.7 Å². The Morgan fingerprint density at radius 2 is 1.87 bits per heavy atom. The van der Waals surface area contributed by atoms with Gasteiger partial charge >= 0.3 is 6.18 Å². The Kier molecular flexibility index (Phi) is 4.31. The lowest BCUT2D eigenvalue weighted by molar-refractivity contribution is -0.137. The number of rotatable bonds is 2. The normalized spacial score (nSPS) is 19.8. The SMILES string of the molecule is Cc1ccc2c(c1)c1c3n2CCN(S(=O)(=O)c2cccc(C(F)(F)F)c2)[C@@H]3CCC1. The lowest BCUT2D eigenvalue weighted by Crippen LogP contribution is -2.43. The van der Waals surface area contributed by atoms with Gasteiger partial charge in [-0.3, -0.25) is 0 Å². The van der Waals surface area contributed by atoms with Gasteiger partial charge in [0.15, 0.2) is 0 Å². The molecule has 0 saturated heterocycles. The molecule has 1 aliphatic heterocycles. The minimum Gasteiger partial charge on any atom is -0.341 e. The third-order valence-corrected chi connectivity index (χ3v) is 8.15. The molecule has 158 valence electrons. The zero-order valence-electron chi connectivity index (χ0n) is 16.4. The second-order valence-corrected chi connectivity index (χ2v) is 9.98. The lowest BCUT2D eigenvalue weighted by Gasteiger charge is -2.39. The molecule has 8 heteroatoms. The third kappa shape index (κ3) is 2.88. The molecule has 4 nitrogen and oxygen atoms in total. The van der Waals surface area contributed by atoms with E-state index in [9.17, 15) is 21.6 Å². The van der Waals surface area contributed by atoms with E-state index in [0.29, 0.717) is 13.0 Å². The molecule has 0 saturated carbocycles. The number of nitrogens with zero attached hydrogens (tertiary/aromatic N) is 2. The van der Waals surface area contributed by atoms with Crippen LogP contribution < -0.4 is 0 Å². The maximum absolute atomic E-state index is 13.4. The van der Waals surface area contributed by atoms with Gasteiger partial charge in [0.25, 0.3) is 0 Å². The van der Waals surface area contributed by atoms with E-state index < -0.39 is 21.8 Å². The largest absolute Gasteiger partial charge is 0.416 e. The van der Waals surface area contributed by atoms with E-state index in [-0.39, 0.29) is 17.5 Å². The molecule has 5 rings (SSSR count). The highest BCUT2D eigenvalue weighted by Gasteiger charge is 2.41. The van der Waals surface area contributed by atoms with Crippen LogP contribution in [0.1, 0.15) is 41.3 Å². The van der Waals surface area contributed by atoms with Gasteiger partial charge in [0.2, 0.25) is 10.0 Å². The molecule has 0 fully saturated rings. The first-order chi connectivity index (χ1) is 14.2. The van der Waals surface area contributed by atoms with Crippen LogP contribution in [0.2, 0.25) is 0 Å². The highest BCUT2D eigenvalue weighted by atomic mass is 32.2. The van der Waals surface area contributed by atoms with Crippen LogP contribution in [0.5, 0.6) is 0 Å². The zero-order valence-corrected chi connectivity index (χ0v) is 17.2. The van der Waals surface area contributed by atoms with E-state index in [0.717, 1.165) is 53.2 Å². The van der Waals surface area contributed by atoms with Crippen LogP contribution in [-0.2, 0) is 29.2 Å². The summed E-state index contributed by atoms with van der Waals surface area (Å²) in [5.74, 6) is 0. The number of hydrogen-bond acceptors (Lipinski definition) is 2. The minimum atomic E-state index is -4.59. The Morgan fingerprint density at radius 1 is 1.07 bits per heavy atom. The monoisotopic (exact) mass is 434 g/mol. The number of aryl methyl sites for hydroxylation is 2. The quantitative estimate of drug-likeness (QED) is 0.566. The summed E-state index contributed by atoms with van der Waals surface area (Å²) >= 11 is 0. The van der Waals surface area contributed by atoms with E-state index in [4.69, 9.17) is 0 Å². The number of sulfonamides is 1. The van der Waals surface area contributed by atoms with Crippen molar-refractivity contribution in [3.63, 3.8) is 0 Å². The number of halogens is 3. The molecule has 0 spiro atoms. The highest BCUT2D eigenvalue weighted by Crippen LogP contribution is 2.44. The van der Waals surface area contributed by atoms with Crippen LogP contribution in [0.4, 0.5) is 13.2 Å². The van der Waals surface area contributed by atoms with Gasteiger partial charge in [-0.05, 0) is 62.1 Å². The Bertz CT molecular complexity index is 1260. The van der Waals surface area contributed by atoms with E-state index in [1.165, 1.54) is 15.9 Å². The summed E-state index contributed by atoms with van der Waals surface area (Å²) in [5.41, 5.74) is 3.48. The van der Waals surface area contributed by atoms with E-state index in [1.807, 2.05) is 6.92 Å². The molecule has 0 bridgehead atoms. The smallest absolute Gasteiger partial charge is 0.341 e. The molecule has 0 radical (unpaired) electrons. The van der Waals surface area contributed by atoms with Crippen molar-refractivity contribution in [3.05, 3.63) is 64.8 Å². The van der Waals surface area contributed by atoms with E-state index in [1.54, 1.807) is 0 Å². The number of benzene rings is 2. The van der Waals surface area contributed by atoms with Crippen LogP contribution in [0.15, 0.2) is 47.4 Å². The predicted octanol–water partition coefficient (Wildman–Crippen LogP) is 5.05. The molecule has 3 aromatic rings. The molecule has 1 aromatic heterocycles. The van der Waals surface area contributed by atoms with Crippen molar-refractivity contribution >= 4 is 20.9 Å². The van der Waals surface area contributed by atoms with Crippen molar-refractivity contribution < 1.29 is 21.6 Å². The molecule has 0 unspecified atom stereocenters. The molecule has 2 aromatic carbocycles. The first-order valence-corrected chi connectivity index (χ1v) is 11.4. The maximum atomic E-state index is 13.4. The molecular formula is C22H21F3N2O2S. The molecule has 30 heavy (non-hydrogen) atoms. The Balaban J connectivity index is 1.63. The molecular weight excluding hydrogens is 413 g/mol. The average molecular weight is 434 g/mol. The summed E-state index contributed by atoms with van der Waals surface area (Å²) in [7, 11) is -4.06. The summed E-state index contributed by atoms with van der Waals surface area (Å²) in [4.78, 5) is -0.301. The zero-order chi connectivity index (χ0) is 21.3.